The molecule has 2 N–H and O–H groups in total. The molecule has 1 atom stereocenters. The molecule has 4 heteroatoms. The standard InChI is InChI=1S/C16H24ClNO.ClH/c1-4-14(18)7-13-8-15(17)16(11(3)10(13)2)19-9-12-5-6-12;/h8,12,14H,4-7,9,18H2,1-3H3;1H. The Hall–Kier alpha value is -0.440. The third-order valence-electron chi connectivity index (χ3n) is 4.07. The molecule has 0 aliphatic heterocycles. The molecule has 1 unspecified atom stereocenters. The summed E-state index contributed by atoms with van der Waals surface area (Å²) in [4.78, 5) is 0. The maximum absolute atomic E-state index is 6.37. The molecule has 1 aliphatic carbocycles. The highest BCUT2D eigenvalue weighted by Crippen LogP contribution is 2.36. The van der Waals surface area contributed by atoms with Gasteiger partial charge in [0.25, 0.3) is 0 Å². The van der Waals surface area contributed by atoms with Crippen LogP contribution in [0, 0.1) is 19.8 Å². The van der Waals surface area contributed by atoms with Gasteiger partial charge in [-0.15, -0.1) is 12.4 Å². The number of ether oxygens (including phenoxy) is 1. The normalized spacial score (nSPS) is 15.7. The van der Waals surface area contributed by atoms with E-state index in [1.165, 1.54) is 24.0 Å². The van der Waals surface area contributed by atoms with Crippen LogP contribution in [-0.2, 0) is 6.42 Å². The van der Waals surface area contributed by atoms with Crippen molar-refractivity contribution in [1.82, 2.24) is 0 Å². The molecule has 1 aromatic rings. The Morgan fingerprint density at radius 3 is 2.55 bits per heavy atom. The zero-order chi connectivity index (χ0) is 14.0. The second-order valence-corrected chi connectivity index (χ2v) is 6.13. The average molecular weight is 318 g/mol. The van der Waals surface area contributed by atoms with Crippen molar-refractivity contribution in [2.75, 3.05) is 6.61 Å². The molecule has 114 valence electrons. The molecule has 0 spiro atoms. The molecular weight excluding hydrogens is 293 g/mol. The van der Waals surface area contributed by atoms with E-state index in [1.54, 1.807) is 0 Å². The zero-order valence-electron chi connectivity index (χ0n) is 12.5. The van der Waals surface area contributed by atoms with Gasteiger partial charge < -0.3 is 10.5 Å². The van der Waals surface area contributed by atoms with Crippen LogP contribution in [-0.4, -0.2) is 12.6 Å². The highest BCUT2D eigenvalue weighted by atomic mass is 35.5. The Morgan fingerprint density at radius 2 is 2.00 bits per heavy atom. The van der Waals surface area contributed by atoms with Gasteiger partial charge >= 0.3 is 0 Å². The van der Waals surface area contributed by atoms with Gasteiger partial charge in [0.15, 0.2) is 0 Å². The molecule has 1 fully saturated rings. The lowest BCUT2D eigenvalue weighted by Crippen LogP contribution is -2.22. The van der Waals surface area contributed by atoms with Crippen molar-refractivity contribution in [3.8, 4) is 5.75 Å². The van der Waals surface area contributed by atoms with Crippen LogP contribution >= 0.6 is 24.0 Å². The van der Waals surface area contributed by atoms with E-state index in [9.17, 15) is 0 Å². The predicted molar refractivity (Wildman–Crippen MR) is 88.4 cm³/mol. The second-order valence-electron chi connectivity index (χ2n) is 5.72. The summed E-state index contributed by atoms with van der Waals surface area (Å²) in [6.07, 6.45) is 4.44. The van der Waals surface area contributed by atoms with E-state index < -0.39 is 0 Å². The van der Waals surface area contributed by atoms with Crippen LogP contribution in [0.4, 0.5) is 0 Å². The van der Waals surface area contributed by atoms with Crippen molar-refractivity contribution in [2.24, 2.45) is 11.7 Å². The molecule has 1 saturated carbocycles. The summed E-state index contributed by atoms with van der Waals surface area (Å²) in [5.74, 6) is 1.60. The van der Waals surface area contributed by atoms with Crippen molar-refractivity contribution in [1.29, 1.82) is 0 Å². The topological polar surface area (TPSA) is 35.2 Å². The number of hydrogen-bond donors (Lipinski definition) is 1. The van der Waals surface area contributed by atoms with Crippen molar-refractivity contribution in [3.05, 3.63) is 27.8 Å². The summed E-state index contributed by atoms with van der Waals surface area (Å²) < 4.78 is 5.90. The fourth-order valence-electron chi connectivity index (χ4n) is 2.22. The maximum atomic E-state index is 6.37. The first-order valence-electron chi connectivity index (χ1n) is 7.19. The van der Waals surface area contributed by atoms with E-state index in [2.05, 4.69) is 20.8 Å². The first kappa shape index (κ1) is 17.6. The summed E-state index contributed by atoms with van der Waals surface area (Å²) in [5, 5.41) is 0.724. The molecule has 0 aromatic heterocycles. The van der Waals surface area contributed by atoms with E-state index in [-0.39, 0.29) is 18.4 Å². The van der Waals surface area contributed by atoms with Gasteiger partial charge in [-0.3, -0.25) is 0 Å². The van der Waals surface area contributed by atoms with Gasteiger partial charge in [-0.2, -0.15) is 0 Å². The molecule has 0 saturated heterocycles. The van der Waals surface area contributed by atoms with E-state index >= 15 is 0 Å². The fourth-order valence-corrected chi connectivity index (χ4v) is 2.55. The first-order valence-corrected chi connectivity index (χ1v) is 7.57. The Kier molecular flexibility index (Phi) is 6.63. The van der Waals surface area contributed by atoms with Crippen LogP contribution in [0.3, 0.4) is 0 Å². The molecule has 0 radical (unpaired) electrons. The molecule has 0 amide bonds. The summed E-state index contributed by atoms with van der Waals surface area (Å²) in [6.45, 7) is 7.13. The first-order chi connectivity index (χ1) is 9.02. The predicted octanol–water partition coefficient (Wildman–Crippen LogP) is 4.45. The molecule has 20 heavy (non-hydrogen) atoms. The van der Waals surface area contributed by atoms with Gasteiger partial charge in [-0.25, -0.2) is 0 Å². The Labute approximate surface area is 133 Å². The average Bonchev–Trinajstić information content (AvgIpc) is 3.19. The Bertz CT molecular complexity index is 458. The monoisotopic (exact) mass is 317 g/mol. The summed E-state index contributed by atoms with van der Waals surface area (Å²) in [6, 6.07) is 2.23. The largest absolute Gasteiger partial charge is 0.491 e. The lowest BCUT2D eigenvalue weighted by atomic mass is 9.96. The van der Waals surface area contributed by atoms with Crippen LogP contribution in [0.15, 0.2) is 6.07 Å². The van der Waals surface area contributed by atoms with Gasteiger partial charge in [0.1, 0.15) is 5.75 Å². The minimum absolute atomic E-state index is 0. The second kappa shape index (κ2) is 7.53. The lowest BCUT2D eigenvalue weighted by Gasteiger charge is -2.18. The van der Waals surface area contributed by atoms with E-state index in [0.717, 1.165) is 41.7 Å². The number of benzene rings is 1. The van der Waals surface area contributed by atoms with E-state index in [0.29, 0.717) is 0 Å². The lowest BCUT2D eigenvalue weighted by molar-refractivity contribution is 0.297. The van der Waals surface area contributed by atoms with Gasteiger partial charge in [-0.1, -0.05) is 18.5 Å². The van der Waals surface area contributed by atoms with Crippen LogP contribution in [0.2, 0.25) is 5.02 Å². The quantitative estimate of drug-likeness (QED) is 0.841. The molecule has 1 aliphatic rings. The maximum Gasteiger partial charge on any atom is 0.141 e. The number of rotatable bonds is 6. The minimum Gasteiger partial charge on any atom is -0.491 e. The van der Waals surface area contributed by atoms with Gasteiger partial charge in [0, 0.05) is 6.04 Å². The molecule has 2 rings (SSSR count). The van der Waals surface area contributed by atoms with Crippen molar-refractivity contribution in [3.63, 3.8) is 0 Å². The zero-order valence-corrected chi connectivity index (χ0v) is 14.1. The highest BCUT2D eigenvalue weighted by Gasteiger charge is 2.23. The molecular formula is C16H25Cl2NO. The van der Waals surface area contributed by atoms with Crippen molar-refractivity contribution >= 4 is 24.0 Å². The molecule has 0 heterocycles. The smallest absolute Gasteiger partial charge is 0.141 e. The van der Waals surface area contributed by atoms with Crippen molar-refractivity contribution in [2.45, 2.75) is 52.5 Å². The summed E-state index contributed by atoms with van der Waals surface area (Å²) in [7, 11) is 0. The molecule has 0 bridgehead atoms. The van der Waals surface area contributed by atoms with E-state index in [4.69, 9.17) is 22.1 Å². The Morgan fingerprint density at radius 1 is 1.35 bits per heavy atom. The van der Waals surface area contributed by atoms with Gasteiger partial charge in [0.2, 0.25) is 0 Å². The number of hydrogen-bond acceptors (Lipinski definition) is 2. The minimum atomic E-state index is 0. The van der Waals surface area contributed by atoms with Crippen molar-refractivity contribution < 1.29 is 4.74 Å². The SMILES string of the molecule is CCC(N)Cc1cc(Cl)c(OCC2CC2)c(C)c1C.Cl. The fraction of sp³-hybridized carbons (Fsp3) is 0.625. The molecule has 1 aromatic carbocycles. The Balaban J connectivity index is 0.00000200. The summed E-state index contributed by atoms with van der Waals surface area (Å²) >= 11 is 6.37. The third kappa shape index (κ3) is 4.28. The third-order valence-corrected chi connectivity index (χ3v) is 4.35. The number of halogens is 2. The van der Waals surface area contributed by atoms with Crippen LogP contribution in [0.25, 0.3) is 0 Å². The van der Waals surface area contributed by atoms with Crippen LogP contribution in [0.5, 0.6) is 5.75 Å². The molecule has 2 nitrogen and oxygen atoms in total. The van der Waals surface area contributed by atoms with Gasteiger partial charge in [-0.05, 0) is 68.2 Å². The van der Waals surface area contributed by atoms with Gasteiger partial charge in [0.05, 0.1) is 11.6 Å². The highest BCUT2D eigenvalue weighted by molar-refractivity contribution is 6.32. The van der Waals surface area contributed by atoms with Crippen LogP contribution < -0.4 is 10.5 Å². The summed E-state index contributed by atoms with van der Waals surface area (Å²) in [5.41, 5.74) is 9.71. The number of nitrogens with two attached hydrogens (primary N) is 1. The van der Waals surface area contributed by atoms with Crippen LogP contribution in [0.1, 0.15) is 42.9 Å². The van der Waals surface area contributed by atoms with E-state index in [1.807, 2.05) is 6.07 Å².